The Morgan fingerprint density at radius 3 is 2.83 bits per heavy atom. The molecule has 7 heteroatoms. The number of halogens is 1. The number of carbonyl (C=O) groups is 1. The third-order valence-electron chi connectivity index (χ3n) is 2.78. The fourth-order valence-electron chi connectivity index (χ4n) is 1.98. The maximum atomic E-state index is 11.4. The highest BCUT2D eigenvalue weighted by Crippen LogP contribution is 2.31. The molecule has 1 amide bonds. The predicted molar refractivity (Wildman–Crippen MR) is 74.5 cm³/mol. The van der Waals surface area contributed by atoms with E-state index in [4.69, 9.17) is 0 Å². The maximum absolute atomic E-state index is 11.4. The van der Waals surface area contributed by atoms with Gasteiger partial charge in [-0.3, -0.25) is 9.52 Å². The Bertz CT molecular complexity index is 586. The smallest absolute Gasteiger partial charge is 0.242 e. The van der Waals surface area contributed by atoms with Gasteiger partial charge in [-0.05, 0) is 24.1 Å². The van der Waals surface area contributed by atoms with Gasteiger partial charge in [-0.2, -0.15) is 0 Å². The van der Waals surface area contributed by atoms with E-state index in [1.807, 2.05) is 6.07 Å². The zero-order valence-electron chi connectivity index (χ0n) is 9.81. The summed E-state index contributed by atoms with van der Waals surface area (Å²) in [5.74, 6) is -0.0331. The second kappa shape index (κ2) is 4.89. The second-order valence-corrected chi connectivity index (χ2v) is 7.12. The third-order valence-corrected chi connectivity index (χ3v) is 5.42. The molecule has 0 radical (unpaired) electrons. The molecular weight excluding hydrogens is 320 g/mol. The van der Waals surface area contributed by atoms with Crippen molar-refractivity contribution in [3.05, 3.63) is 23.8 Å². The van der Waals surface area contributed by atoms with E-state index in [9.17, 15) is 13.2 Å². The van der Waals surface area contributed by atoms with Crippen LogP contribution in [0.15, 0.2) is 18.2 Å². The first-order valence-electron chi connectivity index (χ1n) is 5.40. The summed E-state index contributed by atoms with van der Waals surface area (Å²) in [6.07, 6.45) is 0.806. The van der Waals surface area contributed by atoms with E-state index >= 15 is 0 Å². The van der Waals surface area contributed by atoms with Crippen LogP contribution < -0.4 is 9.62 Å². The van der Waals surface area contributed by atoms with E-state index in [1.54, 1.807) is 17.0 Å². The molecule has 0 unspecified atom stereocenters. The number of carbonyl (C=O) groups excluding carboxylic acids is 1. The van der Waals surface area contributed by atoms with Gasteiger partial charge in [0, 0.05) is 19.2 Å². The number of benzene rings is 1. The van der Waals surface area contributed by atoms with Crippen molar-refractivity contribution in [1.82, 2.24) is 0 Å². The summed E-state index contributed by atoms with van der Waals surface area (Å²) in [6.45, 7) is 2.16. The second-order valence-electron chi connectivity index (χ2n) is 4.09. The van der Waals surface area contributed by atoms with Crippen molar-refractivity contribution in [3.8, 4) is 0 Å². The maximum Gasteiger partial charge on any atom is 0.242 e. The average Bonchev–Trinajstić information content (AvgIpc) is 2.71. The normalized spacial score (nSPS) is 14.4. The number of amides is 1. The molecule has 0 atom stereocenters. The molecule has 5 nitrogen and oxygen atoms in total. The van der Waals surface area contributed by atoms with Gasteiger partial charge in [-0.25, -0.2) is 8.42 Å². The largest absolute Gasteiger partial charge is 0.312 e. The molecule has 2 rings (SSSR count). The minimum Gasteiger partial charge on any atom is -0.312 e. The van der Waals surface area contributed by atoms with E-state index in [0.717, 1.165) is 17.7 Å². The number of hydrogen-bond donors (Lipinski definition) is 1. The van der Waals surface area contributed by atoms with Crippen molar-refractivity contribution < 1.29 is 13.2 Å². The summed E-state index contributed by atoms with van der Waals surface area (Å²) in [7, 11) is -3.36. The Kier molecular flexibility index (Phi) is 3.63. The Hall–Kier alpha value is -1.08. The molecule has 0 saturated heterocycles. The number of nitrogens with zero attached hydrogens (tertiary/aromatic N) is 1. The fraction of sp³-hybridized carbons (Fsp3) is 0.364. The number of sulfonamides is 1. The lowest BCUT2D eigenvalue weighted by atomic mass is 10.1. The molecule has 18 heavy (non-hydrogen) atoms. The molecule has 1 aromatic carbocycles. The highest BCUT2D eigenvalue weighted by molar-refractivity contribution is 9.10. The zero-order chi connectivity index (χ0) is 13.3. The van der Waals surface area contributed by atoms with Crippen molar-refractivity contribution in [2.75, 3.05) is 20.8 Å². The molecule has 1 N–H and O–H groups in total. The topological polar surface area (TPSA) is 66.5 Å². The van der Waals surface area contributed by atoms with Gasteiger partial charge in [-0.15, -0.1) is 0 Å². The molecule has 1 aliphatic heterocycles. The van der Waals surface area contributed by atoms with E-state index in [1.165, 1.54) is 6.92 Å². The van der Waals surface area contributed by atoms with Crippen molar-refractivity contribution in [2.45, 2.75) is 13.3 Å². The van der Waals surface area contributed by atoms with Crippen LogP contribution in [0.3, 0.4) is 0 Å². The predicted octanol–water partition coefficient (Wildman–Crippen LogP) is 1.69. The lowest BCUT2D eigenvalue weighted by Crippen LogP contribution is -2.25. The number of hydrogen-bond acceptors (Lipinski definition) is 3. The molecule has 1 heterocycles. The molecule has 0 aromatic heterocycles. The minimum absolute atomic E-state index is 0.0331. The fourth-order valence-corrected chi connectivity index (χ4v) is 2.86. The van der Waals surface area contributed by atoms with Crippen LogP contribution in [0.2, 0.25) is 0 Å². The van der Waals surface area contributed by atoms with Gasteiger partial charge < -0.3 is 4.90 Å². The third kappa shape index (κ3) is 2.67. The minimum atomic E-state index is -3.36. The number of anilines is 2. The van der Waals surface area contributed by atoms with E-state index in [0.29, 0.717) is 12.2 Å². The van der Waals surface area contributed by atoms with Gasteiger partial charge in [0.15, 0.2) is 0 Å². The Morgan fingerprint density at radius 1 is 1.50 bits per heavy atom. The van der Waals surface area contributed by atoms with Crippen LogP contribution in [0.1, 0.15) is 12.5 Å². The van der Waals surface area contributed by atoms with Gasteiger partial charge in [-0.1, -0.05) is 22.0 Å². The molecule has 0 fully saturated rings. The van der Waals surface area contributed by atoms with E-state index < -0.39 is 10.0 Å². The molecule has 0 aliphatic carbocycles. The number of nitrogens with one attached hydrogen (secondary N) is 1. The molecule has 1 aromatic rings. The van der Waals surface area contributed by atoms with E-state index in [-0.39, 0.29) is 10.6 Å². The number of rotatable bonds is 3. The van der Waals surface area contributed by atoms with Crippen molar-refractivity contribution in [1.29, 1.82) is 0 Å². The van der Waals surface area contributed by atoms with Crippen molar-refractivity contribution in [2.24, 2.45) is 0 Å². The van der Waals surface area contributed by atoms with Crippen LogP contribution >= 0.6 is 15.9 Å². The van der Waals surface area contributed by atoms with Crippen molar-refractivity contribution >= 4 is 43.2 Å². The first-order chi connectivity index (χ1) is 8.43. The van der Waals surface area contributed by atoms with Crippen LogP contribution in [-0.2, 0) is 21.2 Å². The molecule has 1 aliphatic rings. The quantitative estimate of drug-likeness (QED) is 0.856. The van der Waals surface area contributed by atoms with Gasteiger partial charge in [0.1, 0.15) is 4.66 Å². The van der Waals surface area contributed by atoms with Crippen LogP contribution in [-0.4, -0.2) is 25.5 Å². The highest BCUT2D eigenvalue weighted by atomic mass is 79.9. The van der Waals surface area contributed by atoms with Gasteiger partial charge in [0.2, 0.25) is 15.9 Å². The summed E-state index contributed by atoms with van der Waals surface area (Å²) < 4.78 is 25.2. The average molecular weight is 333 g/mol. The first-order valence-corrected chi connectivity index (χ1v) is 8.18. The number of alkyl halides is 1. The molecule has 98 valence electrons. The van der Waals surface area contributed by atoms with E-state index in [2.05, 4.69) is 20.7 Å². The van der Waals surface area contributed by atoms with Gasteiger partial charge in [0.05, 0.1) is 5.69 Å². The van der Waals surface area contributed by atoms with Gasteiger partial charge >= 0.3 is 0 Å². The Balaban J connectivity index is 2.33. The summed E-state index contributed by atoms with van der Waals surface area (Å²) in [4.78, 5) is 13.1. The lowest BCUT2D eigenvalue weighted by molar-refractivity contribution is -0.116. The summed E-state index contributed by atoms with van der Waals surface area (Å²) >= 11 is 2.91. The monoisotopic (exact) mass is 332 g/mol. The van der Waals surface area contributed by atoms with Crippen LogP contribution in [0.4, 0.5) is 11.4 Å². The molecular formula is C11H13BrN2O3S. The molecule has 0 spiro atoms. The lowest BCUT2D eigenvalue weighted by Gasteiger charge is -2.15. The van der Waals surface area contributed by atoms with Crippen LogP contribution in [0.5, 0.6) is 0 Å². The zero-order valence-corrected chi connectivity index (χ0v) is 12.2. The SMILES string of the molecule is CC(=O)N1CCc2ccc(NS(=O)(=O)CBr)cc21. The molecule has 0 saturated carbocycles. The van der Waals surface area contributed by atoms with Crippen molar-refractivity contribution in [3.63, 3.8) is 0 Å². The summed E-state index contributed by atoms with van der Waals surface area (Å²) in [5, 5.41) is 0. The summed E-state index contributed by atoms with van der Waals surface area (Å²) in [6, 6.07) is 5.26. The summed E-state index contributed by atoms with van der Waals surface area (Å²) in [5.41, 5.74) is 2.32. The molecule has 0 bridgehead atoms. The highest BCUT2D eigenvalue weighted by Gasteiger charge is 2.22. The van der Waals surface area contributed by atoms with Gasteiger partial charge in [0.25, 0.3) is 0 Å². The first kappa shape index (κ1) is 13.4. The van der Waals surface area contributed by atoms with Crippen LogP contribution in [0.25, 0.3) is 0 Å². The Labute approximate surface area is 114 Å². The van der Waals surface area contributed by atoms with Crippen LogP contribution in [0, 0.1) is 0 Å². The standard InChI is InChI=1S/C11H13BrN2O3S/c1-8(15)14-5-4-9-2-3-10(6-11(9)14)13-18(16,17)7-12/h2-3,6,13H,4-5,7H2,1H3. The Morgan fingerprint density at radius 2 is 2.22 bits per heavy atom. The number of fused-ring (bicyclic) bond motifs is 1.